The zero-order valence-electron chi connectivity index (χ0n) is 12.2. The Morgan fingerprint density at radius 3 is 2.15 bits per heavy atom. The Hall–Kier alpha value is -1.49. The molecule has 2 aromatic rings. The van der Waals surface area contributed by atoms with Gasteiger partial charge >= 0.3 is 6.01 Å². The molecule has 0 bridgehead atoms. The molecule has 0 unspecified atom stereocenters. The third-order valence-electron chi connectivity index (χ3n) is 3.11. The van der Waals surface area contributed by atoms with Gasteiger partial charge in [0.2, 0.25) is 0 Å². The van der Waals surface area contributed by atoms with Crippen LogP contribution in [0.15, 0.2) is 16.6 Å². The van der Waals surface area contributed by atoms with E-state index in [2.05, 4.69) is 38.0 Å². The molecular weight excluding hydrogens is 318 g/mol. The maximum atomic E-state index is 5.73. The summed E-state index contributed by atoms with van der Waals surface area (Å²) >= 11 is 3.54. The van der Waals surface area contributed by atoms with Gasteiger partial charge in [0.05, 0.1) is 11.4 Å². The second kappa shape index (κ2) is 6.31. The molecule has 2 rings (SSSR count). The van der Waals surface area contributed by atoms with Gasteiger partial charge in [0.25, 0.3) is 0 Å². The van der Waals surface area contributed by atoms with Crippen LogP contribution in [-0.2, 0) is 12.8 Å². The van der Waals surface area contributed by atoms with Gasteiger partial charge in [-0.2, -0.15) is 4.98 Å². The summed E-state index contributed by atoms with van der Waals surface area (Å²) in [4.78, 5) is 4.43. The highest BCUT2D eigenvalue weighted by Crippen LogP contribution is 2.28. The molecule has 0 aliphatic heterocycles. The van der Waals surface area contributed by atoms with Crippen molar-refractivity contribution in [1.29, 1.82) is 0 Å². The minimum absolute atomic E-state index is 0.306. The summed E-state index contributed by atoms with van der Waals surface area (Å²) in [6.07, 6.45) is 1.66. The molecule has 0 atom stereocenters. The standard InChI is InChI=1S/C15H18BrN3O/c1-5-12-13(6-2)18-19-15(17-12)20-11-7-9(3)14(16)10(4)8-11/h7-8H,5-6H2,1-4H3. The van der Waals surface area contributed by atoms with Gasteiger partial charge in [-0.05, 0) is 49.9 Å². The Kier molecular flexibility index (Phi) is 4.70. The minimum atomic E-state index is 0.306. The summed E-state index contributed by atoms with van der Waals surface area (Å²) in [5.74, 6) is 0.733. The summed E-state index contributed by atoms with van der Waals surface area (Å²) in [5.41, 5.74) is 4.12. The van der Waals surface area contributed by atoms with Crippen LogP contribution in [0.3, 0.4) is 0 Å². The van der Waals surface area contributed by atoms with Crippen LogP contribution in [-0.4, -0.2) is 15.2 Å². The van der Waals surface area contributed by atoms with E-state index in [4.69, 9.17) is 4.74 Å². The average molecular weight is 336 g/mol. The van der Waals surface area contributed by atoms with E-state index >= 15 is 0 Å². The zero-order valence-corrected chi connectivity index (χ0v) is 13.8. The topological polar surface area (TPSA) is 47.9 Å². The number of aromatic nitrogens is 3. The van der Waals surface area contributed by atoms with Crippen molar-refractivity contribution in [3.05, 3.63) is 39.1 Å². The van der Waals surface area contributed by atoms with E-state index in [1.807, 2.05) is 32.9 Å². The van der Waals surface area contributed by atoms with Gasteiger partial charge in [0.15, 0.2) is 0 Å². The predicted octanol–water partition coefficient (Wildman–Crippen LogP) is 4.17. The number of benzene rings is 1. The normalized spacial score (nSPS) is 10.7. The second-order valence-corrected chi connectivity index (χ2v) is 5.46. The molecule has 1 aromatic carbocycles. The highest BCUT2D eigenvalue weighted by Gasteiger charge is 2.09. The van der Waals surface area contributed by atoms with E-state index in [0.717, 1.165) is 45.6 Å². The molecule has 1 heterocycles. The van der Waals surface area contributed by atoms with Gasteiger partial charge in [-0.3, -0.25) is 0 Å². The van der Waals surface area contributed by atoms with Crippen molar-refractivity contribution in [2.45, 2.75) is 40.5 Å². The highest BCUT2D eigenvalue weighted by molar-refractivity contribution is 9.10. The molecule has 0 radical (unpaired) electrons. The number of rotatable bonds is 4. The van der Waals surface area contributed by atoms with Crippen molar-refractivity contribution < 1.29 is 4.74 Å². The molecule has 0 aliphatic carbocycles. The van der Waals surface area contributed by atoms with Crippen LogP contribution in [0.5, 0.6) is 11.8 Å². The summed E-state index contributed by atoms with van der Waals surface area (Å²) < 4.78 is 6.83. The molecule has 20 heavy (non-hydrogen) atoms. The predicted molar refractivity (Wildman–Crippen MR) is 82.3 cm³/mol. The Morgan fingerprint density at radius 1 is 1.00 bits per heavy atom. The Morgan fingerprint density at radius 2 is 1.60 bits per heavy atom. The molecule has 0 saturated carbocycles. The minimum Gasteiger partial charge on any atom is -0.423 e. The number of ether oxygens (including phenoxy) is 1. The van der Waals surface area contributed by atoms with Gasteiger partial charge in [0.1, 0.15) is 5.75 Å². The van der Waals surface area contributed by atoms with E-state index in [1.54, 1.807) is 0 Å². The van der Waals surface area contributed by atoms with Crippen LogP contribution < -0.4 is 4.74 Å². The number of hydrogen-bond donors (Lipinski definition) is 0. The van der Waals surface area contributed by atoms with Crippen LogP contribution in [0.1, 0.15) is 36.4 Å². The van der Waals surface area contributed by atoms with Gasteiger partial charge < -0.3 is 4.74 Å². The lowest BCUT2D eigenvalue weighted by atomic mass is 10.1. The van der Waals surface area contributed by atoms with E-state index < -0.39 is 0 Å². The number of halogens is 1. The lowest BCUT2D eigenvalue weighted by molar-refractivity contribution is 0.427. The summed E-state index contributed by atoms with van der Waals surface area (Å²) in [6.45, 7) is 8.16. The van der Waals surface area contributed by atoms with Crippen LogP contribution in [0.25, 0.3) is 0 Å². The first-order chi connectivity index (χ1) is 9.55. The molecule has 1 aromatic heterocycles. The number of aryl methyl sites for hydroxylation is 4. The summed E-state index contributed by atoms with van der Waals surface area (Å²) in [6, 6.07) is 4.22. The first-order valence-corrected chi connectivity index (χ1v) is 7.51. The van der Waals surface area contributed by atoms with Gasteiger partial charge in [-0.25, -0.2) is 0 Å². The molecule has 0 saturated heterocycles. The second-order valence-electron chi connectivity index (χ2n) is 4.67. The fraction of sp³-hybridized carbons (Fsp3) is 0.400. The first-order valence-electron chi connectivity index (χ1n) is 6.72. The summed E-state index contributed by atoms with van der Waals surface area (Å²) in [5, 5.41) is 8.22. The van der Waals surface area contributed by atoms with Crippen LogP contribution in [0.2, 0.25) is 0 Å². The fourth-order valence-corrected chi connectivity index (χ4v) is 2.26. The van der Waals surface area contributed by atoms with Crippen molar-refractivity contribution in [2.75, 3.05) is 0 Å². The molecule has 0 amide bonds. The van der Waals surface area contributed by atoms with E-state index in [0.29, 0.717) is 6.01 Å². The van der Waals surface area contributed by atoms with Gasteiger partial charge in [0, 0.05) is 4.47 Å². The quantitative estimate of drug-likeness (QED) is 0.841. The molecule has 0 spiro atoms. The van der Waals surface area contributed by atoms with E-state index in [9.17, 15) is 0 Å². The van der Waals surface area contributed by atoms with E-state index in [-0.39, 0.29) is 0 Å². The number of nitrogens with zero attached hydrogens (tertiary/aromatic N) is 3. The molecule has 106 valence electrons. The third-order valence-corrected chi connectivity index (χ3v) is 4.36. The molecule has 0 aliphatic rings. The van der Waals surface area contributed by atoms with Crippen molar-refractivity contribution >= 4 is 15.9 Å². The van der Waals surface area contributed by atoms with Crippen molar-refractivity contribution in [2.24, 2.45) is 0 Å². The zero-order chi connectivity index (χ0) is 14.7. The smallest absolute Gasteiger partial charge is 0.341 e. The van der Waals surface area contributed by atoms with Crippen molar-refractivity contribution in [3.8, 4) is 11.8 Å². The highest BCUT2D eigenvalue weighted by atomic mass is 79.9. The largest absolute Gasteiger partial charge is 0.423 e. The van der Waals surface area contributed by atoms with E-state index in [1.165, 1.54) is 0 Å². The maximum Gasteiger partial charge on any atom is 0.341 e. The molecular formula is C15H18BrN3O. The van der Waals surface area contributed by atoms with Crippen LogP contribution >= 0.6 is 15.9 Å². The lowest BCUT2D eigenvalue weighted by Gasteiger charge is -2.09. The molecule has 0 N–H and O–H groups in total. The lowest BCUT2D eigenvalue weighted by Crippen LogP contribution is -2.04. The van der Waals surface area contributed by atoms with Gasteiger partial charge in [-0.1, -0.05) is 34.9 Å². The van der Waals surface area contributed by atoms with Crippen LogP contribution in [0.4, 0.5) is 0 Å². The van der Waals surface area contributed by atoms with Gasteiger partial charge in [-0.15, -0.1) is 5.10 Å². The Labute approximate surface area is 127 Å². The Balaban J connectivity index is 2.30. The Bertz CT molecular complexity index is 606. The van der Waals surface area contributed by atoms with Crippen molar-refractivity contribution in [3.63, 3.8) is 0 Å². The SMILES string of the molecule is CCc1nnc(Oc2cc(C)c(Br)c(C)c2)nc1CC. The molecule has 0 fully saturated rings. The number of hydrogen-bond acceptors (Lipinski definition) is 4. The maximum absolute atomic E-state index is 5.73. The van der Waals surface area contributed by atoms with Crippen LogP contribution in [0, 0.1) is 13.8 Å². The third kappa shape index (κ3) is 3.15. The fourth-order valence-electron chi connectivity index (χ4n) is 2.03. The first kappa shape index (κ1) is 14.9. The summed E-state index contributed by atoms with van der Waals surface area (Å²) in [7, 11) is 0. The molecule has 5 heteroatoms. The molecule has 4 nitrogen and oxygen atoms in total. The average Bonchev–Trinajstić information content (AvgIpc) is 2.44. The van der Waals surface area contributed by atoms with Crippen molar-refractivity contribution in [1.82, 2.24) is 15.2 Å². The monoisotopic (exact) mass is 335 g/mol.